The van der Waals surface area contributed by atoms with Gasteiger partial charge in [0.15, 0.2) is 0 Å². The van der Waals surface area contributed by atoms with Crippen LogP contribution in [0.15, 0.2) is 6.17 Å². The molecule has 1 heterocycles. The highest BCUT2D eigenvalue weighted by molar-refractivity contribution is 5.18. The minimum atomic E-state index is -3.46. The van der Waals surface area contributed by atoms with Crippen molar-refractivity contribution in [3.63, 3.8) is 0 Å². The maximum absolute atomic E-state index is 10.7. The molecule has 7 heteroatoms. The van der Waals surface area contributed by atoms with E-state index < -0.39 is 42.4 Å². The van der Waals surface area contributed by atoms with Gasteiger partial charge in [-0.25, -0.2) is 9.55 Å². The number of aliphatic hydroxyl groups is 2. The van der Waals surface area contributed by atoms with Gasteiger partial charge in [-0.05, 0) is 4.92 Å². The van der Waals surface area contributed by atoms with Crippen molar-refractivity contribution in [2.24, 2.45) is 0 Å². The summed E-state index contributed by atoms with van der Waals surface area (Å²) in [7, 11) is 0. The molecule has 0 saturated heterocycles. The zero-order chi connectivity index (χ0) is 14.3. The number of nitro groups is 1. The molecule has 0 aromatic carbocycles. The summed E-state index contributed by atoms with van der Waals surface area (Å²) in [5, 5.41) is 28.7. The van der Waals surface area contributed by atoms with Crippen LogP contribution in [0, 0.1) is 10.1 Å². The first-order valence-corrected chi connectivity index (χ1v) is 3.10. The third-order valence-corrected chi connectivity index (χ3v) is 1.23. The number of imidazole rings is 1. The van der Waals surface area contributed by atoms with Crippen LogP contribution in [0.2, 0.25) is 0 Å². The summed E-state index contributed by atoms with van der Waals surface area (Å²) >= 11 is 0. The Morgan fingerprint density at radius 1 is 1.85 bits per heavy atom. The van der Waals surface area contributed by atoms with Gasteiger partial charge >= 0.3 is 5.82 Å². The maximum atomic E-state index is 10.7. The average Bonchev–Trinajstić information content (AvgIpc) is 2.53. The van der Waals surface area contributed by atoms with E-state index >= 15 is 0 Å². The van der Waals surface area contributed by atoms with Crippen LogP contribution in [0.4, 0.5) is 5.82 Å². The van der Waals surface area contributed by atoms with Gasteiger partial charge in [0.1, 0.15) is 19.3 Å². The first kappa shape index (κ1) is 4.68. The van der Waals surface area contributed by atoms with E-state index in [0.717, 1.165) is 0 Å². The van der Waals surface area contributed by atoms with Crippen LogP contribution >= 0.6 is 0 Å². The number of aromatic nitrogens is 2. The molecule has 1 aromatic rings. The summed E-state index contributed by atoms with van der Waals surface area (Å²) in [4.78, 5) is 12.8. The largest absolute Gasteiger partial charge is 0.392 e. The van der Waals surface area contributed by atoms with Crippen LogP contribution in [0.25, 0.3) is 0 Å². The topological polar surface area (TPSA) is 101 Å². The number of aliphatic hydroxyl groups excluding tert-OH is 1. The first-order valence-electron chi connectivity index (χ1n) is 5.60. The molecule has 0 atom stereocenters. The van der Waals surface area contributed by atoms with Crippen LogP contribution in [-0.2, 0) is 13.1 Å². The summed E-state index contributed by atoms with van der Waals surface area (Å²) in [6, 6.07) is 0. The predicted octanol–water partition coefficient (Wildman–Crippen LogP) is -0.724. The summed E-state index contributed by atoms with van der Waals surface area (Å²) < 4.78 is 35.9. The van der Waals surface area contributed by atoms with Gasteiger partial charge in [0, 0.05) is 0 Å². The normalized spacial score (nSPS) is 18.2. The second kappa shape index (κ2) is 3.97. The lowest BCUT2D eigenvalue weighted by Gasteiger charge is -1.99. The van der Waals surface area contributed by atoms with E-state index in [9.17, 15) is 10.1 Å². The van der Waals surface area contributed by atoms with Crippen molar-refractivity contribution in [3.05, 3.63) is 22.1 Å². The quantitative estimate of drug-likeness (QED) is 0.484. The second-order valence-electron chi connectivity index (χ2n) is 1.94. The Labute approximate surface area is 80.4 Å². The Morgan fingerprint density at radius 2 is 2.54 bits per heavy atom. The second-order valence-corrected chi connectivity index (χ2v) is 1.94. The standard InChI is InChI=1S/C6H9N3O4/c10-2-1-8-5(4-11)7-3-6(8)9(12)13/h3,10-11H,1-2,4H2/i1D2,2D2,3D. The van der Waals surface area contributed by atoms with E-state index in [4.69, 9.17) is 17.1 Å². The minimum Gasteiger partial charge on any atom is -0.392 e. The highest BCUT2D eigenvalue weighted by Crippen LogP contribution is 2.13. The molecule has 0 bridgehead atoms. The Morgan fingerprint density at radius 3 is 3.00 bits per heavy atom. The monoisotopic (exact) mass is 192 g/mol. The Balaban J connectivity index is 3.62. The molecule has 0 saturated carbocycles. The summed E-state index contributed by atoms with van der Waals surface area (Å²) in [5.74, 6) is -1.78. The van der Waals surface area contributed by atoms with Gasteiger partial charge in [0.05, 0.1) is 13.4 Å². The average molecular weight is 192 g/mol. The van der Waals surface area contributed by atoms with Crippen LogP contribution in [0.3, 0.4) is 0 Å². The molecule has 72 valence electrons. The van der Waals surface area contributed by atoms with E-state index in [2.05, 4.69) is 4.98 Å². The Bertz CT molecular complexity index is 482. The predicted molar refractivity (Wildman–Crippen MR) is 41.9 cm³/mol. The third-order valence-electron chi connectivity index (χ3n) is 1.23. The lowest BCUT2D eigenvalue weighted by Crippen LogP contribution is -2.09. The molecule has 2 N–H and O–H groups in total. The summed E-state index contributed by atoms with van der Waals surface area (Å²) in [6.07, 6.45) is -0.933. The van der Waals surface area contributed by atoms with Crippen molar-refractivity contribution in [2.75, 3.05) is 6.56 Å². The number of hydrogen-bond acceptors (Lipinski definition) is 5. The van der Waals surface area contributed by atoms with E-state index in [0.29, 0.717) is 0 Å². The van der Waals surface area contributed by atoms with Crippen LogP contribution in [0.5, 0.6) is 0 Å². The van der Waals surface area contributed by atoms with E-state index in [1.54, 1.807) is 0 Å². The Hall–Kier alpha value is -1.47. The number of nitrogens with zero attached hydrogens (tertiary/aromatic N) is 3. The lowest BCUT2D eigenvalue weighted by molar-refractivity contribution is -0.392. The van der Waals surface area contributed by atoms with Crippen LogP contribution in [0.1, 0.15) is 12.7 Å². The molecule has 0 fully saturated rings. The van der Waals surface area contributed by atoms with Gasteiger partial charge in [-0.15, -0.1) is 0 Å². The lowest BCUT2D eigenvalue weighted by atomic mass is 10.5. The fourth-order valence-corrected chi connectivity index (χ4v) is 0.733. The first-order chi connectivity index (χ1) is 8.04. The van der Waals surface area contributed by atoms with E-state index in [1.165, 1.54) is 0 Å². The molecular weight excluding hydrogens is 178 g/mol. The molecular formula is C6H9N3O4. The van der Waals surface area contributed by atoms with Crippen molar-refractivity contribution in [1.82, 2.24) is 9.55 Å². The van der Waals surface area contributed by atoms with Crippen LogP contribution in [-0.4, -0.2) is 31.2 Å². The van der Waals surface area contributed by atoms with E-state index in [-0.39, 0.29) is 4.57 Å². The minimum absolute atomic E-state index is 0.0648. The molecule has 0 aliphatic rings. The molecule has 13 heavy (non-hydrogen) atoms. The van der Waals surface area contributed by atoms with E-state index in [1.807, 2.05) is 0 Å². The van der Waals surface area contributed by atoms with Crippen molar-refractivity contribution < 1.29 is 22.0 Å². The molecule has 0 spiro atoms. The molecule has 0 aliphatic heterocycles. The summed E-state index contributed by atoms with van der Waals surface area (Å²) in [6.45, 7) is -7.68. The van der Waals surface area contributed by atoms with Crippen LogP contribution < -0.4 is 0 Å². The van der Waals surface area contributed by atoms with Crippen molar-refractivity contribution in [2.45, 2.75) is 13.1 Å². The number of rotatable bonds is 4. The van der Waals surface area contributed by atoms with Gasteiger partial charge < -0.3 is 20.3 Å². The smallest absolute Gasteiger partial charge is 0.343 e. The molecule has 7 nitrogen and oxygen atoms in total. The molecule has 0 amide bonds. The van der Waals surface area contributed by atoms with Gasteiger partial charge in [-0.3, -0.25) is 0 Å². The third kappa shape index (κ3) is 1.82. The maximum Gasteiger partial charge on any atom is 0.343 e. The Kier molecular flexibility index (Phi) is 1.43. The molecule has 1 aromatic heterocycles. The highest BCUT2D eigenvalue weighted by Gasteiger charge is 2.18. The zero-order valence-corrected chi connectivity index (χ0v) is 6.26. The van der Waals surface area contributed by atoms with Gasteiger partial charge in [0.2, 0.25) is 5.82 Å². The molecule has 0 unspecified atom stereocenters. The zero-order valence-electron chi connectivity index (χ0n) is 11.3. The van der Waals surface area contributed by atoms with Gasteiger partial charge in [0.25, 0.3) is 0 Å². The van der Waals surface area contributed by atoms with Crippen molar-refractivity contribution in [1.29, 1.82) is 0 Å². The van der Waals surface area contributed by atoms with Crippen molar-refractivity contribution in [3.8, 4) is 0 Å². The molecule has 0 aliphatic carbocycles. The van der Waals surface area contributed by atoms with Gasteiger partial charge in [-0.1, -0.05) is 0 Å². The fraction of sp³-hybridized carbons (Fsp3) is 0.500. The number of hydrogen-bond donors (Lipinski definition) is 2. The summed E-state index contributed by atoms with van der Waals surface area (Å²) in [5.41, 5.74) is 0. The van der Waals surface area contributed by atoms with Gasteiger partial charge in [-0.2, -0.15) is 0 Å². The molecule has 1 rings (SSSR count). The highest BCUT2D eigenvalue weighted by atomic mass is 16.6. The molecule has 0 radical (unpaired) electrons. The fourth-order valence-electron chi connectivity index (χ4n) is 0.733. The SMILES string of the molecule is [2H]c1nc(CO)n(C([2H])([2H])C([2H])([2H])O)c1[N+](=O)[O-]. The van der Waals surface area contributed by atoms with Crippen molar-refractivity contribution >= 4 is 5.82 Å².